The summed E-state index contributed by atoms with van der Waals surface area (Å²) in [7, 11) is 0. The van der Waals surface area contributed by atoms with Gasteiger partial charge in [0, 0.05) is 16.0 Å². The molecule has 106 valence electrons. The molecular formula is C16H13ClN2O2. The number of aliphatic hydroxyl groups excluding tert-OH is 1. The number of aromatic nitrogens is 2. The topological polar surface area (TPSA) is 55.1 Å². The van der Waals surface area contributed by atoms with E-state index in [0.29, 0.717) is 16.1 Å². The molecule has 3 aromatic rings. The molecule has 21 heavy (non-hydrogen) atoms. The first-order chi connectivity index (χ1) is 10.2. The quantitative estimate of drug-likeness (QED) is 0.809. The molecule has 5 heteroatoms. The van der Waals surface area contributed by atoms with Crippen molar-refractivity contribution in [2.45, 2.75) is 6.54 Å². The van der Waals surface area contributed by atoms with Crippen LogP contribution in [0.4, 0.5) is 0 Å². The predicted molar refractivity (Wildman–Crippen MR) is 83.5 cm³/mol. The van der Waals surface area contributed by atoms with E-state index in [0.717, 1.165) is 10.9 Å². The van der Waals surface area contributed by atoms with Gasteiger partial charge >= 0.3 is 0 Å². The summed E-state index contributed by atoms with van der Waals surface area (Å²) in [5.74, 6) is 0. The smallest absolute Gasteiger partial charge is 0.274 e. The molecule has 1 aromatic heterocycles. The lowest BCUT2D eigenvalue weighted by atomic mass is 10.1. The molecule has 0 amide bonds. The van der Waals surface area contributed by atoms with Gasteiger partial charge in [-0.05, 0) is 18.2 Å². The Morgan fingerprint density at radius 3 is 2.38 bits per heavy atom. The number of halogens is 1. The lowest BCUT2D eigenvalue weighted by Gasteiger charge is -2.10. The summed E-state index contributed by atoms with van der Waals surface area (Å²) in [6, 6.07) is 14.6. The summed E-state index contributed by atoms with van der Waals surface area (Å²) >= 11 is 5.91. The van der Waals surface area contributed by atoms with Crippen molar-refractivity contribution in [3.05, 3.63) is 63.9 Å². The van der Waals surface area contributed by atoms with E-state index >= 15 is 0 Å². The van der Waals surface area contributed by atoms with Gasteiger partial charge in [0.1, 0.15) is 0 Å². The number of fused-ring (bicyclic) bond motifs is 1. The lowest BCUT2D eigenvalue weighted by molar-refractivity contribution is 0.267. The first-order valence-electron chi connectivity index (χ1n) is 6.57. The standard InChI is InChI=1S/C16H13ClN2O2/c17-12-7-5-11(6-8-12)15-13-3-1-2-4-14(13)16(21)19(18-15)9-10-20/h1-8,20H,9-10H2. The van der Waals surface area contributed by atoms with Crippen LogP contribution in [0.3, 0.4) is 0 Å². The second-order valence-corrected chi connectivity index (χ2v) is 5.09. The van der Waals surface area contributed by atoms with Crippen LogP contribution >= 0.6 is 11.6 Å². The number of hydrogen-bond donors (Lipinski definition) is 1. The van der Waals surface area contributed by atoms with Crippen LogP contribution in [0.1, 0.15) is 0 Å². The third kappa shape index (κ3) is 2.55. The highest BCUT2D eigenvalue weighted by Crippen LogP contribution is 2.25. The molecule has 2 aromatic carbocycles. The van der Waals surface area contributed by atoms with E-state index in [9.17, 15) is 4.79 Å². The fraction of sp³-hybridized carbons (Fsp3) is 0.125. The average molecular weight is 301 g/mol. The van der Waals surface area contributed by atoms with E-state index in [1.54, 1.807) is 18.2 Å². The lowest BCUT2D eigenvalue weighted by Crippen LogP contribution is -2.25. The maximum atomic E-state index is 12.3. The molecule has 0 saturated heterocycles. The Morgan fingerprint density at radius 2 is 1.71 bits per heavy atom. The SMILES string of the molecule is O=c1c2ccccc2c(-c2ccc(Cl)cc2)nn1CCO. The molecule has 0 atom stereocenters. The van der Waals surface area contributed by atoms with E-state index in [4.69, 9.17) is 16.7 Å². The van der Waals surface area contributed by atoms with Gasteiger partial charge in [-0.25, -0.2) is 4.68 Å². The van der Waals surface area contributed by atoms with E-state index in [1.807, 2.05) is 30.3 Å². The first kappa shape index (κ1) is 13.8. The highest BCUT2D eigenvalue weighted by molar-refractivity contribution is 6.30. The van der Waals surface area contributed by atoms with Crippen LogP contribution in [-0.2, 0) is 6.54 Å². The van der Waals surface area contributed by atoms with Crippen molar-refractivity contribution >= 4 is 22.4 Å². The highest BCUT2D eigenvalue weighted by atomic mass is 35.5. The van der Waals surface area contributed by atoms with E-state index in [-0.39, 0.29) is 18.7 Å². The Hall–Kier alpha value is -2.17. The monoisotopic (exact) mass is 300 g/mol. The van der Waals surface area contributed by atoms with Crippen LogP contribution in [0, 0.1) is 0 Å². The van der Waals surface area contributed by atoms with Gasteiger partial charge in [-0.15, -0.1) is 0 Å². The maximum Gasteiger partial charge on any atom is 0.274 e. The van der Waals surface area contributed by atoms with E-state index in [2.05, 4.69) is 5.10 Å². The van der Waals surface area contributed by atoms with Gasteiger partial charge in [0.15, 0.2) is 0 Å². The van der Waals surface area contributed by atoms with Gasteiger partial charge in [0.25, 0.3) is 5.56 Å². The van der Waals surface area contributed by atoms with Crippen LogP contribution < -0.4 is 5.56 Å². The van der Waals surface area contributed by atoms with Crippen molar-refractivity contribution in [3.8, 4) is 11.3 Å². The molecule has 0 aliphatic rings. The Bertz CT molecular complexity index is 841. The largest absolute Gasteiger partial charge is 0.394 e. The van der Waals surface area contributed by atoms with Gasteiger partial charge in [-0.3, -0.25) is 4.79 Å². The third-order valence-electron chi connectivity index (χ3n) is 3.30. The molecule has 0 spiro atoms. The van der Waals surface area contributed by atoms with Crippen molar-refractivity contribution in [2.24, 2.45) is 0 Å². The minimum atomic E-state index is -0.197. The number of hydrogen-bond acceptors (Lipinski definition) is 3. The molecule has 1 N–H and O–H groups in total. The Labute approximate surface area is 126 Å². The molecule has 0 unspecified atom stereocenters. The van der Waals surface area contributed by atoms with E-state index in [1.165, 1.54) is 4.68 Å². The molecule has 1 heterocycles. The second kappa shape index (κ2) is 5.68. The zero-order valence-electron chi connectivity index (χ0n) is 11.2. The van der Waals surface area contributed by atoms with Crippen LogP contribution in [-0.4, -0.2) is 21.5 Å². The minimum Gasteiger partial charge on any atom is -0.394 e. The average Bonchev–Trinajstić information content (AvgIpc) is 2.51. The predicted octanol–water partition coefficient (Wildman–Crippen LogP) is 2.71. The summed E-state index contributed by atoms with van der Waals surface area (Å²) in [5.41, 5.74) is 1.38. The van der Waals surface area contributed by atoms with Crippen molar-refractivity contribution < 1.29 is 5.11 Å². The normalized spacial score (nSPS) is 11.0. The summed E-state index contributed by atoms with van der Waals surface area (Å²) in [4.78, 5) is 12.3. The number of nitrogens with zero attached hydrogens (tertiary/aromatic N) is 2. The molecule has 4 nitrogen and oxygen atoms in total. The number of aliphatic hydroxyl groups is 1. The molecule has 0 bridgehead atoms. The van der Waals surface area contributed by atoms with Gasteiger partial charge < -0.3 is 5.11 Å². The van der Waals surface area contributed by atoms with Gasteiger partial charge in [0.2, 0.25) is 0 Å². The zero-order valence-corrected chi connectivity index (χ0v) is 11.9. The Kier molecular flexibility index (Phi) is 3.73. The van der Waals surface area contributed by atoms with Crippen LogP contribution in [0.15, 0.2) is 53.3 Å². The minimum absolute atomic E-state index is 0.134. The van der Waals surface area contributed by atoms with Gasteiger partial charge in [-0.2, -0.15) is 5.10 Å². The summed E-state index contributed by atoms with van der Waals surface area (Å²) < 4.78 is 1.30. The molecule has 0 fully saturated rings. The first-order valence-corrected chi connectivity index (χ1v) is 6.95. The maximum absolute atomic E-state index is 12.3. The van der Waals surface area contributed by atoms with Gasteiger partial charge in [0.05, 0.1) is 24.2 Å². The highest BCUT2D eigenvalue weighted by Gasteiger charge is 2.11. The van der Waals surface area contributed by atoms with Crippen LogP contribution in [0.25, 0.3) is 22.0 Å². The second-order valence-electron chi connectivity index (χ2n) is 4.65. The van der Waals surface area contributed by atoms with Crippen molar-refractivity contribution in [1.29, 1.82) is 0 Å². The molecule has 0 aliphatic carbocycles. The molecule has 0 radical (unpaired) electrons. The van der Waals surface area contributed by atoms with Crippen molar-refractivity contribution in [1.82, 2.24) is 9.78 Å². The Morgan fingerprint density at radius 1 is 1.05 bits per heavy atom. The summed E-state index contributed by atoms with van der Waals surface area (Å²) in [6.07, 6.45) is 0. The van der Waals surface area contributed by atoms with Crippen molar-refractivity contribution in [3.63, 3.8) is 0 Å². The molecule has 0 aliphatic heterocycles. The van der Waals surface area contributed by atoms with Crippen molar-refractivity contribution in [2.75, 3.05) is 6.61 Å². The molecular weight excluding hydrogens is 288 g/mol. The zero-order chi connectivity index (χ0) is 14.8. The van der Waals surface area contributed by atoms with Crippen LogP contribution in [0.2, 0.25) is 5.02 Å². The van der Waals surface area contributed by atoms with E-state index < -0.39 is 0 Å². The molecule has 3 rings (SSSR count). The molecule has 0 saturated carbocycles. The third-order valence-corrected chi connectivity index (χ3v) is 3.55. The number of benzene rings is 2. The Balaban J connectivity index is 2.33. The van der Waals surface area contributed by atoms with Crippen LogP contribution in [0.5, 0.6) is 0 Å². The fourth-order valence-corrected chi connectivity index (χ4v) is 2.43. The van der Waals surface area contributed by atoms with Gasteiger partial charge in [-0.1, -0.05) is 41.9 Å². The fourth-order valence-electron chi connectivity index (χ4n) is 2.30. The summed E-state index contributed by atoms with van der Waals surface area (Å²) in [5, 5.41) is 15.5. The summed E-state index contributed by atoms with van der Waals surface area (Å²) in [6.45, 7) is 0.0373. The number of rotatable bonds is 3.